The molecule has 0 unspecified atom stereocenters. The third kappa shape index (κ3) is 3.95. The lowest BCUT2D eigenvalue weighted by molar-refractivity contribution is 0.239. The van der Waals surface area contributed by atoms with Crippen molar-refractivity contribution in [1.29, 1.82) is 0 Å². The largest absolute Gasteiger partial charge is 0.338 e. The van der Waals surface area contributed by atoms with Crippen LogP contribution in [-0.2, 0) is 6.54 Å². The first-order valence-corrected chi connectivity index (χ1v) is 6.50. The normalized spacial score (nSPS) is 10.7. The van der Waals surface area contributed by atoms with Gasteiger partial charge in [0.25, 0.3) is 0 Å². The van der Waals surface area contributed by atoms with Gasteiger partial charge in [-0.2, -0.15) is 0 Å². The zero-order valence-corrected chi connectivity index (χ0v) is 11.3. The molecule has 0 saturated heterocycles. The SMILES string of the molecule is CC(C)CNC(=O)NCc1ccc2ncccc2c1. The molecule has 4 heteroatoms. The molecule has 0 bridgehead atoms. The van der Waals surface area contributed by atoms with E-state index in [0.29, 0.717) is 19.0 Å². The van der Waals surface area contributed by atoms with Gasteiger partial charge in [-0.3, -0.25) is 4.98 Å². The molecule has 0 atom stereocenters. The van der Waals surface area contributed by atoms with Crippen molar-refractivity contribution in [2.24, 2.45) is 5.92 Å². The minimum atomic E-state index is -0.125. The van der Waals surface area contributed by atoms with E-state index >= 15 is 0 Å². The Morgan fingerprint density at radius 2 is 2.11 bits per heavy atom. The second-order valence-corrected chi connectivity index (χ2v) is 4.99. The highest BCUT2D eigenvalue weighted by atomic mass is 16.2. The molecule has 1 heterocycles. The first-order valence-electron chi connectivity index (χ1n) is 6.50. The lowest BCUT2D eigenvalue weighted by Gasteiger charge is -2.09. The van der Waals surface area contributed by atoms with Crippen LogP contribution in [0.2, 0.25) is 0 Å². The van der Waals surface area contributed by atoms with E-state index in [9.17, 15) is 4.79 Å². The second-order valence-electron chi connectivity index (χ2n) is 4.99. The number of hydrogen-bond acceptors (Lipinski definition) is 2. The van der Waals surface area contributed by atoms with Gasteiger partial charge >= 0.3 is 6.03 Å². The van der Waals surface area contributed by atoms with E-state index in [1.54, 1.807) is 6.20 Å². The van der Waals surface area contributed by atoms with Crippen LogP contribution >= 0.6 is 0 Å². The number of fused-ring (bicyclic) bond motifs is 1. The van der Waals surface area contributed by atoms with Gasteiger partial charge in [0, 0.05) is 24.7 Å². The minimum absolute atomic E-state index is 0.125. The third-order valence-corrected chi connectivity index (χ3v) is 2.79. The number of pyridine rings is 1. The van der Waals surface area contributed by atoms with Crippen molar-refractivity contribution < 1.29 is 4.79 Å². The van der Waals surface area contributed by atoms with Crippen molar-refractivity contribution in [3.63, 3.8) is 0 Å². The van der Waals surface area contributed by atoms with Crippen molar-refractivity contribution in [2.75, 3.05) is 6.54 Å². The Labute approximate surface area is 113 Å². The van der Waals surface area contributed by atoms with Crippen LogP contribution in [0.15, 0.2) is 36.5 Å². The molecule has 1 aromatic carbocycles. The summed E-state index contributed by atoms with van der Waals surface area (Å²) in [5.41, 5.74) is 2.04. The molecule has 0 spiro atoms. The quantitative estimate of drug-likeness (QED) is 0.884. The number of carbonyl (C=O) groups excluding carboxylic acids is 1. The molecule has 0 radical (unpaired) electrons. The summed E-state index contributed by atoms with van der Waals surface area (Å²) in [5, 5.41) is 6.76. The molecular weight excluding hydrogens is 238 g/mol. The van der Waals surface area contributed by atoms with Crippen LogP contribution in [0.5, 0.6) is 0 Å². The number of hydrogen-bond donors (Lipinski definition) is 2. The van der Waals surface area contributed by atoms with Gasteiger partial charge in [-0.1, -0.05) is 26.0 Å². The van der Waals surface area contributed by atoms with Gasteiger partial charge in [0.1, 0.15) is 0 Å². The summed E-state index contributed by atoms with van der Waals surface area (Å²) < 4.78 is 0. The second kappa shape index (κ2) is 6.18. The highest BCUT2D eigenvalue weighted by Gasteiger charge is 2.02. The average Bonchev–Trinajstić information content (AvgIpc) is 2.42. The maximum absolute atomic E-state index is 11.5. The lowest BCUT2D eigenvalue weighted by atomic mass is 10.1. The van der Waals surface area contributed by atoms with Crippen LogP contribution in [0.4, 0.5) is 4.79 Å². The highest BCUT2D eigenvalue weighted by molar-refractivity contribution is 5.79. The van der Waals surface area contributed by atoms with E-state index in [1.807, 2.05) is 30.3 Å². The molecule has 2 rings (SSSR count). The Morgan fingerprint density at radius 3 is 2.89 bits per heavy atom. The Bertz CT molecular complexity index is 566. The summed E-state index contributed by atoms with van der Waals surface area (Å²) in [7, 11) is 0. The molecule has 19 heavy (non-hydrogen) atoms. The summed E-state index contributed by atoms with van der Waals surface area (Å²) in [4.78, 5) is 15.8. The smallest absolute Gasteiger partial charge is 0.315 e. The fraction of sp³-hybridized carbons (Fsp3) is 0.333. The molecular formula is C15H19N3O. The predicted octanol–water partition coefficient (Wildman–Crippen LogP) is 2.69. The monoisotopic (exact) mass is 257 g/mol. The zero-order chi connectivity index (χ0) is 13.7. The molecule has 0 fully saturated rings. The van der Waals surface area contributed by atoms with Crippen LogP contribution in [0.1, 0.15) is 19.4 Å². The number of nitrogens with one attached hydrogen (secondary N) is 2. The molecule has 2 N–H and O–H groups in total. The van der Waals surface area contributed by atoms with Crippen molar-refractivity contribution >= 4 is 16.9 Å². The Hall–Kier alpha value is -2.10. The highest BCUT2D eigenvalue weighted by Crippen LogP contribution is 2.12. The predicted molar refractivity (Wildman–Crippen MR) is 76.8 cm³/mol. The fourth-order valence-electron chi connectivity index (χ4n) is 1.78. The molecule has 0 saturated carbocycles. The topological polar surface area (TPSA) is 54.0 Å². The van der Waals surface area contributed by atoms with Crippen LogP contribution < -0.4 is 10.6 Å². The number of carbonyl (C=O) groups is 1. The van der Waals surface area contributed by atoms with Crippen LogP contribution in [-0.4, -0.2) is 17.6 Å². The lowest BCUT2D eigenvalue weighted by Crippen LogP contribution is -2.36. The summed E-state index contributed by atoms with van der Waals surface area (Å²) in [6.45, 7) is 5.34. The molecule has 0 aliphatic carbocycles. The molecule has 0 aliphatic heterocycles. The number of benzene rings is 1. The molecule has 2 aromatic rings. The van der Waals surface area contributed by atoms with E-state index in [2.05, 4.69) is 29.5 Å². The maximum Gasteiger partial charge on any atom is 0.315 e. The summed E-state index contributed by atoms with van der Waals surface area (Å²) >= 11 is 0. The molecule has 2 amide bonds. The van der Waals surface area contributed by atoms with Crippen molar-refractivity contribution in [3.05, 3.63) is 42.1 Å². The Balaban J connectivity index is 1.92. The first-order chi connectivity index (χ1) is 9.15. The number of rotatable bonds is 4. The number of aromatic nitrogens is 1. The van der Waals surface area contributed by atoms with Crippen molar-refractivity contribution in [2.45, 2.75) is 20.4 Å². The summed E-state index contributed by atoms with van der Waals surface area (Å²) in [5.74, 6) is 0.456. The Kier molecular flexibility index (Phi) is 4.34. The zero-order valence-electron chi connectivity index (χ0n) is 11.3. The van der Waals surface area contributed by atoms with Crippen LogP contribution in [0.3, 0.4) is 0 Å². The molecule has 0 aliphatic rings. The Morgan fingerprint density at radius 1 is 1.26 bits per heavy atom. The van der Waals surface area contributed by atoms with Gasteiger partial charge in [-0.25, -0.2) is 4.79 Å². The number of nitrogens with zero attached hydrogens (tertiary/aromatic N) is 1. The maximum atomic E-state index is 11.5. The number of urea groups is 1. The average molecular weight is 257 g/mol. The minimum Gasteiger partial charge on any atom is -0.338 e. The summed E-state index contributed by atoms with van der Waals surface area (Å²) in [6.07, 6.45) is 1.78. The van der Waals surface area contributed by atoms with Gasteiger partial charge in [0.05, 0.1) is 5.52 Å². The van der Waals surface area contributed by atoms with E-state index in [4.69, 9.17) is 0 Å². The van der Waals surface area contributed by atoms with Crippen LogP contribution in [0, 0.1) is 5.92 Å². The number of amides is 2. The van der Waals surface area contributed by atoms with Gasteiger partial charge < -0.3 is 10.6 Å². The fourth-order valence-corrected chi connectivity index (χ4v) is 1.78. The van der Waals surface area contributed by atoms with E-state index in [0.717, 1.165) is 16.5 Å². The third-order valence-electron chi connectivity index (χ3n) is 2.79. The van der Waals surface area contributed by atoms with Gasteiger partial charge in [-0.05, 0) is 29.7 Å². The van der Waals surface area contributed by atoms with Gasteiger partial charge in [0.15, 0.2) is 0 Å². The molecule has 1 aromatic heterocycles. The molecule has 4 nitrogen and oxygen atoms in total. The van der Waals surface area contributed by atoms with Gasteiger partial charge in [0.2, 0.25) is 0 Å². The van der Waals surface area contributed by atoms with Crippen LogP contribution in [0.25, 0.3) is 10.9 Å². The van der Waals surface area contributed by atoms with E-state index in [-0.39, 0.29) is 6.03 Å². The van der Waals surface area contributed by atoms with Crippen molar-refractivity contribution in [1.82, 2.24) is 15.6 Å². The van der Waals surface area contributed by atoms with E-state index in [1.165, 1.54) is 0 Å². The van der Waals surface area contributed by atoms with E-state index < -0.39 is 0 Å². The first kappa shape index (κ1) is 13.3. The summed E-state index contributed by atoms with van der Waals surface area (Å²) in [6, 6.07) is 9.81. The standard InChI is InChI=1S/C15H19N3O/c1-11(2)9-17-15(19)18-10-12-5-6-14-13(8-12)4-3-7-16-14/h3-8,11H,9-10H2,1-2H3,(H2,17,18,19). The van der Waals surface area contributed by atoms with Crippen molar-refractivity contribution in [3.8, 4) is 0 Å². The molecule has 100 valence electrons. The van der Waals surface area contributed by atoms with Gasteiger partial charge in [-0.15, -0.1) is 0 Å².